The van der Waals surface area contributed by atoms with Crippen molar-refractivity contribution in [1.82, 2.24) is 14.5 Å². The molecule has 1 N–H and O–H groups in total. The molecule has 0 amide bonds. The standard InChI is InChI=1S/C14H9ClN4S/c1-8-4-11-13(17-7-8)19(14(20)18-11)12-5-9(6-16)2-3-10(12)15/h2-5,7H,1H3,(H,18,20). The van der Waals surface area contributed by atoms with Crippen molar-refractivity contribution in [3.05, 3.63) is 51.4 Å². The second kappa shape index (κ2) is 4.75. The Morgan fingerprint density at radius 1 is 1.40 bits per heavy atom. The first kappa shape index (κ1) is 12.9. The van der Waals surface area contributed by atoms with Gasteiger partial charge in [-0.2, -0.15) is 5.26 Å². The number of hydrogen-bond donors (Lipinski definition) is 1. The van der Waals surface area contributed by atoms with Gasteiger partial charge in [0.15, 0.2) is 10.4 Å². The van der Waals surface area contributed by atoms with Crippen molar-refractivity contribution in [2.75, 3.05) is 0 Å². The van der Waals surface area contributed by atoms with E-state index in [1.165, 1.54) is 0 Å². The molecule has 0 atom stereocenters. The predicted molar refractivity (Wildman–Crippen MR) is 80.7 cm³/mol. The van der Waals surface area contributed by atoms with Gasteiger partial charge in [0.05, 0.1) is 27.9 Å². The Labute approximate surface area is 125 Å². The molecule has 0 saturated heterocycles. The number of aromatic nitrogens is 3. The van der Waals surface area contributed by atoms with Gasteiger partial charge in [0.25, 0.3) is 0 Å². The van der Waals surface area contributed by atoms with Gasteiger partial charge in [-0.25, -0.2) is 4.98 Å². The lowest BCUT2D eigenvalue weighted by Gasteiger charge is -2.06. The minimum Gasteiger partial charge on any atom is -0.329 e. The molecule has 2 aromatic heterocycles. The number of pyridine rings is 1. The quantitative estimate of drug-likeness (QED) is 0.693. The molecule has 1 aromatic carbocycles. The van der Waals surface area contributed by atoms with Gasteiger partial charge in [-0.3, -0.25) is 4.57 Å². The van der Waals surface area contributed by atoms with Crippen molar-refractivity contribution >= 4 is 35.0 Å². The van der Waals surface area contributed by atoms with Gasteiger partial charge in [-0.1, -0.05) is 11.6 Å². The number of imidazole rings is 1. The Kier molecular flexibility index (Phi) is 3.05. The number of rotatable bonds is 1. The lowest BCUT2D eigenvalue weighted by Crippen LogP contribution is -1.97. The summed E-state index contributed by atoms with van der Waals surface area (Å²) in [6.07, 6.45) is 1.77. The maximum atomic E-state index is 9.02. The largest absolute Gasteiger partial charge is 0.329 e. The first-order valence-corrected chi connectivity index (χ1v) is 6.66. The Hall–Kier alpha value is -2.16. The summed E-state index contributed by atoms with van der Waals surface area (Å²) in [5.41, 5.74) is 3.75. The van der Waals surface area contributed by atoms with Crippen LogP contribution in [0.5, 0.6) is 0 Å². The minimum absolute atomic E-state index is 0.495. The average molecular weight is 301 g/mol. The lowest BCUT2D eigenvalue weighted by atomic mass is 10.2. The molecule has 0 aliphatic heterocycles. The first-order valence-electron chi connectivity index (χ1n) is 5.87. The molecule has 0 aliphatic rings. The van der Waals surface area contributed by atoms with Crippen LogP contribution >= 0.6 is 23.8 Å². The number of nitrogens with zero attached hydrogens (tertiary/aromatic N) is 3. The van der Waals surface area contributed by atoms with Crippen LogP contribution in [-0.4, -0.2) is 14.5 Å². The monoisotopic (exact) mass is 300 g/mol. The van der Waals surface area contributed by atoms with E-state index in [0.717, 1.165) is 11.1 Å². The van der Waals surface area contributed by atoms with E-state index in [-0.39, 0.29) is 0 Å². The van der Waals surface area contributed by atoms with Crippen LogP contribution in [-0.2, 0) is 0 Å². The van der Waals surface area contributed by atoms with Crippen molar-refractivity contribution < 1.29 is 0 Å². The van der Waals surface area contributed by atoms with E-state index in [2.05, 4.69) is 16.0 Å². The summed E-state index contributed by atoms with van der Waals surface area (Å²) in [6, 6.07) is 9.12. The molecule has 0 aliphatic carbocycles. The minimum atomic E-state index is 0.495. The highest BCUT2D eigenvalue weighted by atomic mass is 35.5. The van der Waals surface area contributed by atoms with E-state index in [1.807, 2.05) is 13.0 Å². The number of fused-ring (bicyclic) bond motifs is 1. The molecule has 98 valence electrons. The average Bonchev–Trinajstić information content (AvgIpc) is 2.74. The molecule has 0 radical (unpaired) electrons. The predicted octanol–water partition coefficient (Wildman–Crippen LogP) is 3.92. The molecular weight excluding hydrogens is 292 g/mol. The van der Waals surface area contributed by atoms with Crippen LogP contribution in [0.15, 0.2) is 30.5 Å². The molecule has 4 nitrogen and oxygen atoms in total. The fourth-order valence-electron chi connectivity index (χ4n) is 2.08. The Morgan fingerprint density at radius 2 is 2.20 bits per heavy atom. The number of aryl methyl sites for hydroxylation is 1. The molecule has 20 heavy (non-hydrogen) atoms. The SMILES string of the molecule is Cc1cnc2c(c1)[nH]c(=S)n2-c1cc(C#N)ccc1Cl. The number of H-pyrrole nitrogens is 1. The second-order valence-electron chi connectivity index (χ2n) is 4.43. The molecule has 3 rings (SSSR count). The highest BCUT2D eigenvalue weighted by molar-refractivity contribution is 7.71. The molecule has 0 fully saturated rings. The van der Waals surface area contributed by atoms with Crippen molar-refractivity contribution in [1.29, 1.82) is 5.26 Å². The van der Waals surface area contributed by atoms with E-state index < -0.39 is 0 Å². The third-order valence-electron chi connectivity index (χ3n) is 2.98. The van der Waals surface area contributed by atoms with E-state index in [9.17, 15) is 0 Å². The van der Waals surface area contributed by atoms with Crippen molar-refractivity contribution in [2.45, 2.75) is 6.92 Å². The van der Waals surface area contributed by atoms with Crippen molar-refractivity contribution in [2.24, 2.45) is 0 Å². The molecular formula is C14H9ClN4S. The zero-order valence-electron chi connectivity index (χ0n) is 10.5. The summed E-state index contributed by atoms with van der Waals surface area (Å²) in [5, 5.41) is 9.53. The van der Waals surface area contributed by atoms with Gasteiger partial charge >= 0.3 is 0 Å². The molecule has 0 spiro atoms. The van der Waals surface area contributed by atoms with Crippen LogP contribution in [0.25, 0.3) is 16.9 Å². The van der Waals surface area contributed by atoms with E-state index in [4.69, 9.17) is 29.1 Å². The van der Waals surface area contributed by atoms with Crippen LogP contribution in [0.1, 0.15) is 11.1 Å². The molecule has 0 unspecified atom stereocenters. The third kappa shape index (κ3) is 1.99. The van der Waals surface area contributed by atoms with Crippen LogP contribution in [0.3, 0.4) is 0 Å². The Bertz CT molecular complexity index is 917. The van der Waals surface area contributed by atoms with Gasteiger partial charge in [0, 0.05) is 6.20 Å². The fraction of sp³-hybridized carbons (Fsp3) is 0.0714. The smallest absolute Gasteiger partial charge is 0.184 e. The molecule has 0 bridgehead atoms. The van der Waals surface area contributed by atoms with Crippen LogP contribution in [0, 0.1) is 23.0 Å². The second-order valence-corrected chi connectivity index (χ2v) is 5.22. The maximum absolute atomic E-state index is 9.02. The Balaban J connectivity index is 2.38. The fourth-order valence-corrected chi connectivity index (χ4v) is 2.57. The molecule has 3 aromatic rings. The summed E-state index contributed by atoms with van der Waals surface area (Å²) >= 11 is 11.6. The number of nitriles is 1. The van der Waals surface area contributed by atoms with Gasteiger partial charge in [-0.15, -0.1) is 0 Å². The summed E-state index contributed by atoms with van der Waals surface area (Å²) < 4.78 is 2.24. The zero-order chi connectivity index (χ0) is 14.3. The maximum Gasteiger partial charge on any atom is 0.184 e. The summed E-state index contributed by atoms with van der Waals surface area (Å²) in [6.45, 7) is 1.96. The van der Waals surface area contributed by atoms with Gasteiger partial charge in [0.2, 0.25) is 0 Å². The number of hydrogen-bond acceptors (Lipinski definition) is 3. The number of benzene rings is 1. The van der Waals surface area contributed by atoms with Crippen molar-refractivity contribution in [3.63, 3.8) is 0 Å². The topological polar surface area (TPSA) is 57.4 Å². The molecule has 6 heteroatoms. The van der Waals surface area contributed by atoms with Gasteiger partial charge < -0.3 is 4.98 Å². The lowest BCUT2D eigenvalue weighted by molar-refractivity contribution is 1.04. The van der Waals surface area contributed by atoms with Gasteiger partial charge in [-0.05, 0) is 49.0 Å². The van der Waals surface area contributed by atoms with Gasteiger partial charge in [0.1, 0.15) is 0 Å². The van der Waals surface area contributed by atoms with Crippen LogP contribution in [0.2, 0.25) is 5.02 Å². The highest BCUT2D eigenvalue weighted by Gasteiger charge is 2.11. The summed E-state index contributed by atoms with van der Waals surface area (Å²) in [7, 11) is 0. The van der Waals surface area contributed by atoms with E-state index in [0.29, 0.717) is 26.7 Å². The first-order chi connectivity index (χ1) is 9.60. The van der Waals surface area contributed by atoms with E-state index in [1.54, 1.807) is 29.0 Å². The number of aromatic amines is 1. The summed E-state index contributed by atoms with van der Waals surface area (Å²) in [4.78, 5) is 7.50. The Morgan fingerprint density at radius 3 is 2.95 bits per heavy atom. The zero-order valence-corrected chi connectivity index (χ0v) is 12.1. The van der Waals surface area contributed by atoms with Crippen LogP contribution < -0.4 is 0 Å². The van der Waals surface area contributed by atoms with Crippen LogP contribution in [0.4, 0.5) is 0 Å². The highest BCUT2D eigenvalue weighted by Crippen LogP contribution is 2.25. The summed E-state index contributed by atoms with van der Waals surface area (Å²) in [5.74, 6) is 0. The van der Waals surface area contributed by atoms with Crippen molar-refractivity contribution in [3.8, 4) is 11.8 Å². The third-order valence-corrected chi connectivity index (χ3v) is 3.58. The van der Waals surface area contributed by atoms with E-state index >= 15 is 0 Å². The number of halogens is 1. The normalized spacial score (nSPS) is 10.7. The molecule has 0 saturated carbocycles. The molecule has 2 heterocycles. The number of nitrogens with one attached hydrogen (secondary N) is 1.